The molecule has 0 fully saturated rings. The van der Waals surface area contributed by atoms with Crippen molar-refractivity contribution < 1.29 is 9.47 Å². The highest BCUT2D eigenvalue weighted by atomic mass is 35.5. The molecule has 0 spiro atoms. The molecule has 1 N–H and O–H groups in total. The van der Waals surface area contributed by atoms with E-state index in [1.54, 1.807) is 7.11 Å². The van der Waals surface area contributed by atoms with E-state index in [2.05, 4.69) is 4.98 Å². The largest absolute Gasteiger partial charge is 0.382 e. The Bertz CT molecular complexity index is 409. The second kappa shape index (κ2) is 6.47. The molecule has 16 heavy (non-hydrogen) atoms. The van der Waals surface area contributed by atoms with E-state index in [0.717, 1.165) is 10.6 Å². The smallest absolute Gasteiger partial charge is 0.329 e. The molecule has 0 saturated heterocycles. The molecule has 0 aliphatic heterocycles. The lowest BCUT2D eigenvalue weighted by molar-refractivity contribution is 0.0658. The molecule has 6 nitrogen and oxygen atoms in total. The van der Waals surface area contributed by atoms with E-state index in [4.69, 9.17) is 21.1 Å². The predicted molar refractivity (Wildman–Crippen MR) is 59.0 cm³/mol. The van der Waals surface area contributed by atoms with Gasteiger partial charge >= 0.3 is 5.69 Å². The maximum atomic E-state index is 11.4. The molecule has 0 aromatic carbocycles. The van der Waals surface area contributed by atoms with E-state index < -0.39 is 11.2 Å². The highest BCUT2D eigenvalue weighted by Gasteiger charge is 2.02. The zero-order valence-corrected chi connectivity index (χ0v) is 9.62. The van der Waals surface area contributed by atoms with Crippen molar-refractivity contribution in [3.05, 3.63) is 32.1 Å². The molecule has 0 aliphatic carbocycles. The average molecular weight is 249 g/mol. The molecule has 0 aliphatic rings. The minimum atomic E-state index is -0.534. The Balaban J connectivity index is 2.55. The van der Waals surface area contributed by atoms with E-state index >= 15 is 0 Å². The fraction of sp³-hybridized carbons (Fsp3) is 0.556. The van der Waals surface area contributed by atoms with Crippen molar-refractivity contribution in [3.8, 4) is 0 Å². The number of ether oxygens (including phenoxy) is 2. The van der Waals surface area contributed by atoms with E-state index in [1.165, 1.54) is 0 Å². The third kappa shape index (κ3) is 3.80. The second-order valence-electron chi connectivity index (χ2n) is 3.02. The van der Waals surface area contributed by atoms with Crippen LogP contribution in [-0.4, -0.2) is 36.5 Å². The highest BCUT2D eigenvalue weighted by molar-refractivity contribution is 6.29. The summed E-state index contributed by atoms with van der Waals surface area (Å²) in [6.07, 6.45) is 0. The Hall–Kier alpha value is -1.11. The Kier molecular flexibility index (Phi) is 5.24. The fourth-order valence-corrected chi connectivity index (χ4v) is 1.28. The van der Waals surface area contributed by atoms with Crippen LogP contribution in [0.15, 0.2) is 15.7 Å². The minimum absolute atomic E-state index is 0.0338. The van der Waals surface area contributed by atoms with Crippen LogP contribution in [0.2, 0.25) is 5.15 Å². The van der Waals surface area contributed by atoms with Crippen molar-refractivity contribution in [3.63, 3.8) is 0 Å². The molecular formula is C9H13ClN2O4. The van der Waals surface area contributed by atoms with Crippen molar-refractivity contribution in [2.75, 3.05) is 26.9 Å². The molecular weight excluding hydrogens is 236 g/mol. The van der Waals surface area contributed by atoms with Crippen molar-refractivity contribution in [2.24, 2.45) is 0 Å². The van der Waals surface area contributed by atoms with Crippen LogP contribution in [0.1, 0.15) is 0 Å². The van der Waals surface area contributed by atoms with Gasteiger partial charge in [-0.05, 0) is 0 Å². The van der Waals surface area contributed by atoms with Gasteiger partial charge in [-0.2, -0.15) is 0 Å². The van der Waals surface area contributed by atoms with Crippen LogP contribution in [0.5, 0.6) is 0 Å². The lowest BCUT2D eigenvalue weighted by atomic mass is 10.6. The van der Waals surface area contributed by atoms with E-state index in [-0.39, 0.29) is 18.3 Å². The van der Waals surface area contributed by atoms with Gasteiger partial charge in [-0.25, -0.2) is 4.79 Å². The molecule has 7 heteroatoms. The third-order valence-electron chi connectivity index (χ3n) is 1.88. The molecule has 0 atom stereocenters. The standard InChI is InChI=1S/C9H13ClN2O4/c1-15-4-5-16-3-2-12-8(13)6-7(10)11-9(12)14/h6H,2-5H2,1H3,(H,11,14). The Morgan fingerprint density at radius 2 is 2.12 bits per heavy atom. The Morgan fingerprint density at radius 3 is 2.75 bits per heavy atom. The zero-order chi connectivity index (χ0) is 12.0. The Morgan fingerprint density at radius 1 is 1.38 bits per heavy atom. The van der Waals surface area contributed by atoms with Crippen LogP contribution >= 0.6 is 11.6 Å². The summed E-state index contributed by atoms with van der Waals surface area (Å²) in [6.45, 7) is 1.37. The van der Waals surface area contributed by atoms with Gasteiger partial charge in [0.2, 0.25) is 0 Å². The maximum absolute atomic E-state index is 11.4. The first kappa shape index (κ1) is 13.0. The number of nitrogens with one attached hydrogen (secondary N) is 1. The van der Waals surface area contributed by atoms with Crippen LogP contribution < -0.4 is 11.2 Å². The van der Waals surface area contributed by atoms with Gasteiger partial charge in [0.1, 0.15) is 5.15 Å². The number of nitrogens with zero attached hydrogens (tertiary/aromatic N) is 1. The van der Waals surface area contributed by atoms with Gasteiger partial charge in [-0.15, -0.1) is 0 Å². The summed E-state index contributed by atoms with van der Waals surface area (Å²) in [5.41, 5.74) is -0.975. The monoisotopic (exact) mass is 248 g/mol. The molecule has 1 aromatic rings. The molecule has 1 aromatic heterocycles. The number of H-pyrrole nitrogens is 1. The highest BCUT2D eigenvalue weighted by Crippen LogP contribution is 1.93. The fourth-order valence-electron chi connectivity index (χ4n) is 1.10. The van der Waals surface area contributed by atoms with Crippen molar-refractivity contribution >= 4 is 11.6 Å². The number of aromatic nitrogens is 2. The van der Waals surface area contributed by atoms with Crippen molar-refractivity contribution in [1.82, 2.24) is 9.55 Å². The number of halogens is 1. The Labute approximate surface area is 96.8 Å². The number of methoxy groups -OCH3 is 1. The summed E-state index contributed by atoms with van der Waals surface area (Å²) in [4.78, 5) is 25.0. The average Bonchev–Trinajstić information content (AvgIpc) is 2.20. The zero-order valence-electron chi connectivity index (χ0n) is 8.86. The van der Waals surface area contributed by atoms with Crippen LogP contribution in [-0.2, 0) is 16.0 Å². The van der Waals surface area contributed by atoms with Crippen LogP contribution in [0, 0.1) is 0 Å². The second-order valence-corrected chi connectivity index (χ2v) is 3.42. The van der Waals surface area contributed by atoms with Crippen LogP contribution in [0.25, 0.3) is 0 Å². The van der Waals surface area contributed by atoms with E-state index in [1.807, 2.05) is 0 Å². The maximum Gasteiger partial charge on any atom is 0.329 e. The first-order valence-corrected chi connectivity index (χ1v) is 5.09. The normalized spacial score (nSPS) is 10.6. The van der Waals surface area contributed by atoms with Crippen LogP contribution in [0.3, 0.4) is 0 Å². The summed E-state index contributed by atoms with van der Waals surface area (Å²) < 4.78 is 11.0. The third-order valence-corrected chi connectivity index (χ3v) is 2.08. The molecule has 90 valence electrons. The van der Waals surface area contributed by atoms with E-state index in [9.17, 15) is 9.59 Å². The van der Waals surface area contributed by atoms with Gasteiger partial charge in [0, 0.05) is 13.2 Å². The summed E-state index contributed by atoms with van der Waals surface area (Å²) in [5, 5.41) is 0.0338. The summed E-state index contributed by atoms with van der Waals surface area (Å²) in [7, 11) is 1.57. The summed E-state index contributed by atoms with van der Waals surface area (Å²) in [6, 6.07) is 1.15. The molecule has 0 bridgehead atoms. The number of hydrogen-bond acceptors (Lipinski definition) is 4. The quantitative estimate of drug-likeness (QED) is 0.561. The van der Waals surface area contributed by atoms with Crippen molar-refractivity contribution in [2.45, 2.75) is 6.54 Å². The SMILES string of the molecule is COCCOCCn1c(=O)cc(Cl)[nH]c1=O. The molecule has 1 heterocycles. The van der Waals surface area contributed by atoms with Gasteiger partial charge in [0.25, 0.3) is 5.56 Å². The van der Waals surface area contributed by atoms with Gasteiger partial charge in [0.15, 0.2) is 0 Å². The van der Waals surface area contributed by atoms with Gasteiger partial charge in [0.05, 0.1) is 26.4 Å². The lowest BCUT2D eigenvalue weighted by Gasteiger charge is -2.05. The molecule has 0 saturated carbocycles. The summed E-state index contributed by atoms with van der Waals surface area (Å²) >= 11 is 5.51. The van der Waals surface area contributed by atoms with Crippen LogP contribution in [0.4, 0.5) is 0 Å². The number of hydrogen-bond donors (Lipinski definition) is 1. The number of aromatic amines is 1. The van der Waals surface area contributed by atoms with E-state index in [0.29, 0.717) is 13.2 Å². The minimum Gasteiger partial charge on any atom is -0.382 e. The first-order valence-electron chi connectivity index (χ1n) is 4.71. The van der Waals surface area contributed by atoms with Gasteiger partial charge in [-0.3, -0.25) is 14.3 Å². The molecule has 0 unspecified atom stereocenters. The van der Waals surface area contributed by atoms with Gasteiger partial charge < -0.3 is 9.47 Å². The first-order chi connectivity index (χ1) is 7.65. The van der Waals surface area contributed by atoms with Gasteiger partial charge in [-0.1, -0.05) is 11.6 Å². The van der Waals surface area contributed by atoms with Crippen molar-refractivity contribution in [1.29, 1.82) is 0 Å². The predicted octanol–water partition coefficient (Wildman–Crippen LogP) is -0.147. The molecule has 0 radical (unpaired) electrons. The molecule has 0 amide bonds. The topological polar surface area (TPSA) is 73.3 Å². The number of rotatable bonds is 6. The summed E-state index contributed by atoms with van der Waals surface area (Å²) in [5.74, 6) is 0. The molecule has 1 rings (SSSR count). The lowest BCUT2D eigenvalue weighted by Crippen LogP contribution is -2.35.